The van der Waals surface area contributed by atoms with Gasteiger partial charge in [0.2, 0.25) is 11.8 Å². The SMILES string of the molecule is Cc1cccc(N2CC(C(=O)NCCC3CCCNC3)CC2=O)c1C. The summed E-state index contributed by atoms with van der Waals surface area (Å²) >= 11 is 0. The Morgan fingerprint density at radius 1 is 1.36 bits per heavy atom. The number of carbonyl (C=O) groups excluding carboxylic acids is 2. The van der Waals surface area contributed by atoms with Crippen LogP contribution in [0.4, 0.5) is 5.69 Å². The van der Waals surface area contributed by atoms with Crippen LogP contribution in [0.2, 0.25) is 0 Å². The van der Waals surface area contributed by atoms with Crippen molar-refractivity contribution in [3.63, 3.8) is 0 Å². The van der Waals surface area contributed by atoms with Crippen LogP contribution in [-0.4, -0.2) is 38.0 Å². The lowest BCUT2D eigenvalue weighted by Gasteiger charge is -2.23. The summed E-state index contributed by atoms with van der Waals surface area (Å²) in [5.74, 6) is 0.484. The van der Waals surface area contributed by atoms with Crippen molar-refractivity contribution in [2.45, 2.75) is 39.5 Å². The molecule has 5 nitrogen and oxygen atoms in total. The number of aryl methyl sites for hydroxylation is 1. The summed E-state index contributed by atoms with van der Waals surface area (Å²) in [5.41, 5.74) is 3.22. The van der Waals surface area contributed by atoms with Gasteiger partial charge in [-0.3, -0.25) is 9.59 Å². The molecule has 2 atom stereocenters. The van der Waals surface area contributed by atoms with Crippen molar-refractivity contribution < 1.29 is 9.59 Å². The van der Waals surface area contributed by atoms with Crippen LogP contribution in [0.15, 0.2) is 18.2 Å². The van der Waals surface area contributed by atoms with E-state index >= 15 is 0 Å². The maximum Gasteiger partial charge on any atom is 0.227 e. The van der Waals surface area contributed by atoms with Gasteiger partial charge in [-0.15, -0.1) is 0 Å². The fraction of sp³-hybridized carbons (Fsp3) is 0.600. The van der Waals surface area contributed by atoms with Gasteiger partial charge in [-0.25, -0.2) is 0 Å². The maximum atomic E-state index is 12.5. The molecule has 2 aliphatic rings. The molecular weight excluding hydrogens is 314 g/mol. The van der Waals surface area contributed by atoms with Crippen LogP contribution < -0.4 is 15.5 Å². The summed E-state index contributed by atoms with van der Waals surface area (Å²) in [6.45, 7) is 7.44. The van der Waals surface area contributed by atoms with Gasteiger partial charge in [0.1, 0.15) is 0 Å². The van der Waals surface area contributed by atoms with E-state index in [-0.39, 0.29) is 17.7 Å². The number of rotatable bonds is 5. The predicted molar refractivity (Wildman–Crippen MR) is 99.6 cm³/mol. The van der Waals surface area contributed by atoms with Crippen LogP contribution in [0.5, 0.6) is 0 Å². The molecule has 0 bridgehead atoms. The van der Waals surface area contributed by atoms with E-state index in [0.29, 0.717) is 25.4 Å². The summed E-state index contributed by atoms with van der Waals surface area (Å²) in [5, 5.41) is 6.45. The van der Waals surface area contributed by atoms with Gasteiger partial charge < -0.3 is 15.5 Å². The van der Waals surface area contributed by atoms with Crippen LogP contribution in [0.3, 0.4) is 0 Å². The smallest absolute Gasteiger partial charge is 0.227 e. The lowest BCUT2D eigenvalue weighted by molar-refractivity contribution is -0.126. The highest BCUT2D eigenvalue weighted by molar-refractivity contribution is 6.00. The normalized spacial score (nSPS) is 23.8. The van der Waals surface area contributed by atoms with E-state index in [0.717, 1.165) is 30.8 Å². The largest absolute Gasteiger partial charge is 0.356 e. The van der Waals surface area contributed by atoms with E-state index in [2.05, 4.69) is 10.6 Å². The highest BCUT2D eigenvalue weighted by Gasteiger charge is 2.35. The fourth-order valence-corrected chi connectivity index (χ4v) is 3.86. The van der Waals surface area contributed by atoms with Crippen LogP contribution >= 0.6 is 0 Å². The molecule has 3 rings (SSSR count). The minimum atomic E-state index is -0.239. The van der Waals surface area contributed by atoms with Crippen molar-refractivity contribution in [2.24, 2.45) is 11.8 Å². The second-order valence-electron chi connectivity index (χ2n) is 7.42. The molecule has 5 heteroatoms. The van der Waals surface area contributed by atoms with E-state index in [9.17, 15) is 9.59 Å². The molecule has 0 spiro atoms. The molecule has 2 unspecified atom stereocenters. The number of nitrogens with one attached hydrogen (secondary N) is 2. The Bertz CT molecular complexity index is 638. The highest BCUT2D eigenvalue weighted by Crippen LogP contribution is 2.29. The molecule has 0 saturated carbocycles. The lowest BCUT2D eigenvalue weighted by atomic mass is 9.96. The molecule has 2 heterocycles. The number of hydrogen-bond donors (Lipinski definition) is 2. The summed E-state index contributed by atoms with van der Waals surface area (Å²) in [7, 11) is 0. The Kier molecular flexibility index (Phi) is 5.74. The number of benzene rings is 1. The van der Waals surface area contributed by atoms with Crippen molar-refractivity contribution in [2.75, 3.05) is 31.1 Å². The average molecular weight is 343 g/mol. The van der Waals surface area contributed by atoms with Gasteiger partial charge >= 0.3 is 0 Å². The minimum Gasteiger partial charge on any atom is -0.356 e. The molecule has 1 aromatic carbocycles. The van der Waals surface area contributed by atoms with E-state index in [1.54, 1.807) is 4.90 Å². The predicted octanol–water partition coefficient (Wildman–Crippen LogP) is 2.16. The molecule has 0 radical (unpaired) electrons. The van der Waals surface area contributed by atoms with Gasteiger partial charge in [0.25, 0.3) is 0 Å². The number of anilines is 1. The Morgan fingerprint density at radius 2 is 2.20 bits per heavy atom. The van der Waals surface area contributed by atoms with Gasteiger partial charge in [0.15, 0.2) is 0 Å². The molecule has 1 aromatic rings. The van der Waals surface area contributed by atoms with Gasteiger partial charge in [-0.2, -0.15) is 0 Å². The number of piperidine rings is 1. The fourth-order valence-electron chi connectivity index (χ4n) is 3.86. The summed E-state index contributed by atoms with van der Waals surface area (Å²) in [4.78, 5) is 26.6. The Hall–Kier alpha value is -1.88. The van der Waals surface area contributed by atoms with E-state index in [1.807, 2.05) is 32.0 Å². The summed E-state index contributed by atoms with van der Waals surface area (Å²) in [6.07, 6.45) is 3.79. The van der Waals surface area contributed by atoms with Gasteiger partial charge in [-0.1, -0.05) is 12.1 Å². The number of amides is 2. The first-order chi connectivity index (χ1) is 12.1. The molecule has 2 saturated heterocycles. The first-order valence-corrected chi connectivity index (χ1v) is 9.41. The van der Waals surface area contributed by atoms with Crippen molar-refractivity contribution >= 4 is 17.5 Å². The van der Waals surface area contributed by atoms with E-state index in [1.165, 1.54) is 18.4 Å². The van der Waals surface area contributed by atoms with E-state index in [4.69, 9.17) is 0 Å². The van der Waals surface area contributed by atoms with Crippen LogP contribution in [0.25, 0.3) is 0 Å². The van der Waals surface area contributed by atoms with Gasteiger partial charge in [-0.05, 0) is 69.3 Å². The quantitative estimate of drug-likeness (QED) is 0.861. The monoisotopic (exact) mass is 343 g/mol. The van der Waals surface area contributed by atoms with Gasteiger partial charge in [0.05, 0.1) is 5.92 Å². The lowest BCUT2D eigenvalue weighted by Crippen LogP contribution is -2.36. The molecule has 0 aliphatic carbocycles. The number of carbonyl (C=O) groups is 2. The number of nitrogens with zero attached hydrogens (tertiary/aromatic N) is 1. The van der Waals surface area contributed by atoms with Crippen molar-refractivity contribution in [1.82, 2.24) is 10.6 Å². The molecule has 25 heavy (non-hydrogen) atoms. The van der Waals surface area contributed by atoms with Crippen molar-refractivity contribution in [3.8, 4) is 0 Å². The van der Waals surface area contributed by atoms with Crippen LogP contribution in [0, 0.1) is 25.7 Å². The third-order valence-electron chi connectivity index (χ3n) is 5.61. The van der Waals surface area contributed by atoms with Gasteiger partial charge in [0, 0.05) is 25.2 Å². The summed E-state index contributed by atoms with van der Waals surface area (Å²) in [6, 6.07) is 5.98. The zero-order chi connectivity index (χ0) is 17.8. The van der Waals surface area contributed by atoms with Crippen LogP contribution in [-0.2, 0) is 9.59 Å². The molecule has 0 aromatic heterocycles. The second kappa shape index (κ2) is 8.00. The molecule has 2 fully saturated rings. The molecule has 136 valence electrons. The van der Waals surface area contributed by atoms with Crippen molar-refractivity contribution in [1.29, 1.82) is 0 Å². The Labute approximate surface area is 150 Å². The molecule has 2 N–H and O–H groups in total. The zero-order valence-electron chi connectivity index (χ0n) is 15.3. The third kappa shape index (κ3) is 4.21. The minimum absolute atomic E-state index is 0.0184. The Morgan fingerprint density at radius 3 is 2.96 bits per heavy atom. The zero-order valence-corrected chi connectivity index (χ0v) is 15.3. The Balaban J connectivity index is 1.53. The van der Waals surface area contributed by atoms with Crippen LogP contribution in [0.1, 0.15) is 36.8 Å². The first kappa shape index (κ1) is 17.9. The second-order valence-corrected chi connectivity index (χ2v) is 7.42. The van der Waals surface area contributed by atoms with Crippen molar-refractivity contribution in [3.05, 3.63) is 29.3 Å². The molecule has 2 amide bonds. The first-order valence-electron chi connectivity index (χ1n) is 9.41. The molecular formula is C20H29N3O2. The highest BCUT2D eigenvalue weighted by atomic mass is 16.2. The van der Waals surface area contributed by atoms with E-state index < -0.39 is 0 Å². The standard InChI is InChI=1S/C20H29N3O2/c1-14-5-3-7-18(15(14)2)23-13-17(11-19(23)24)20(25)22-10-8-16-6-4-9-21-12-16/h3,5,7,16-17,21H,4,6,8-13H2,1-2H3,(H,22,25). The summed E-state index contributed by atoms with van der Waals surface area (Å²) < 4.78 is 0. The average Bonchev–Trinajstić information content (AvgIpc) is 3.00. The number of hydrogen-bond acceptors (Lipinski definition) is 3. The topological polar surface area (TPSA) is 61.4 Å². The maximum absolute atomic E-state index is 12.5. The molecule has 2 aliphatic heterocycles. The third-order valence-corrected chi connectivity index (χ3v) is 5.61.